The summed E-state index contributed by atoms with van der Waals surface area (Å²) in [6.45, 7) is 4.44. The molecule has 1 fully saturated rings. The zero-order valence-corrected chi connectivity index (χ0v) is 15.4. The molecule has 0 saturated carbocycles. The highest BCUT2D eigenvalue weighted by Crippen LogP contribution is 2.28. The van der Waals surface area contributed by atoms with E-state index < -0.39 is 5.97 Å². The molecule has 1 aliphatic rings. The van der Waals surface area contributed by atoms with E-state index in [1.54, 1.807) is 0 Å². The number of aryl methyl sites for hydroxylation is 1. The Morgan fingerprint density at radius 2 is 2.00 bits per heavy atom. The molecule has 1 saturated heterocycles. The lowest BCUT2D eigenvalue weighted by atomic mass is 9.92. The van der Waals surface area contributed by atoms with Gasteiger partial charge in [-0.2, -0.15) is 0 Å². The largest absolute Gasteiger partial charge is 0.481 e. The summed E-state index contributed by atoms with van der Waals surface area (Å²) < 4.78 is 5.32. The topological polar surface area (TPSA) is 83.6 Å². The normalized spacial score (nSPS) is 17.2. The Morgan fingerprint density at radius 1 is 1.31 bits per heavy atom. The summed E-state index contributed by atoms with van der Waals surface area (Å²) in [7, 11) is 0. The molecule has 1 aliphatic heterocycles. The Labute approximate surface area is 153 Å². The number of benzene rings is 1. The Kier molecular flexibility index (Phi) is 7.38. The molecule has 1 N–H and O–H groups in total. The number of nitrogens with zero attached hydrogens (tertiary/aromatic N) is 2. The molecule has 0 bridgehead atoms. The molecule has 2 heterocycles. The van der Waals surface area contributed by atoms with Gasteiger partial charge in [-0.25, -0.2) is 0 Å². The maximum Gasteiger partial charge on any atom is 0.300 e. The number of rotatable bonds is 4. The molecule has 0 spiro atoms. The van der Waals surface area contributed by atoms with E-state index >= 15 is 0 Å². The SMILES string of the molecule is CC(=O)O.CCc1cc(CN2CCC(c3ccccc3)CCC2=O)on1. The van der Waals surface area contributed by atoms with Gasteiger partial charge in [0.2, 0.25) is 5.91 Å². The number of likely N-dealkylation sites (tertiary alicyclic amines) is 1. The zero-order chi connectivity index (χ0) is 18.9. The lowest BCUT2D eigenvalue weighted by Gasteiger charge is -2.19. The van der Waals surface area contributed by atoms with Crippen LogP contribution in [0.2, 0.25) is 0 Å². The van der Waals surface area contributed by atoms with E-state index in [-0.39, 0.29) is 5.91 Å². The molecule has 26 heavy (non-hydrogen) atoms. The Bertz CT molecular complexity index is 708. The highest BCUT2D eigenvalue weighted by Gasteiger charge is 2.24. The number of hydrogen-bond donors (Lipinski definition) is 1. The lowest BCUT2D eigenvalue weighted by molar-refractivity contribution is -0.134. The molecular weight excluding hydrogens is 332 g/mol. The van der Waals surface area contributed by atoms with Gasteiger partial charge < -0.3 is 14.5 Å². The summed E-state index contributed by atoms with van der Waals surface area (Å²) in [6, 6.07) is 12.4. The fraction of sp³-hybridized carbons (Fsp3) is 0.450. The van der Waals surface area contributed by atoms with Crippen molar-refractivity contribution in [3.05, 3.63) is 53.4 Å². The zero-order valence-electron chi connectivity index (χ0n) is 15.4. The Balaban J connectivity index is 0.000000552. The van der Waals surface area contributed by atoms with Crippen LogP contribution in [0.1, 0.15) is 56.0 Å². The maximum absolute atomic E-state index is 12.3. The minimum Gasteiger partial charge on any atom is -0.481 e. The van der Waals surface area contributed by atoms with E-state index in [2.05, 4.69) is 29.4 Å². The first kappa shape index (κ1) is 19.7. The van der Waals surface area contributed by atoms with Crippen molar-refractivity contribution in [3.63, 3.8) is 0 Å². The van der Waals surface area contributed by atoms with Gasteiger partial charge in [0, 0.05) is 26.0 Å². The van der Waals surface area contributed by atoms with Crippen LogP contribution >= 0.6 is 0 Å². The van der Waals surface area contributed by atoms with E-state index in [1.165, 1.54) is 5.56 Å². The standard InChI is InChI=1S/C18H22N2O2.C2H4O2/c1-2-16-12-17(22-19-16)13-20-11-10-15(8-9-18(20)21)14-6-4-3-5-7-14;1-2(3)4/h3-7,12,15H,2,8-11,13H2,1H3;1H3,(H,3,4). The van der Waals surface area contributed by atoms with Crippen LogP contribution in [0.4, 0.5) is 0 Å². The minimum atomic E-state index is -0.833. The van der Waals surface area contributed by atoms with Crippen LogP contribution in [-0.4, -0.2) is 33.6 Å². The molecular formula is C20H26N2O4. The van der Waals surface area contributed by atoms with E-state index in [0.717, 1.165) is 44.2 Å². The number of carbonyl (C=O) groups is 2. The van der Waals surface area contributed by atoms with Crippen molar-refractivity contribution in [1.82, 2.24) is 10.1 Å². The third kappa shape index (κ3) is 6.02. The van der Waals surface area contributed by atoms with Crippen molar-refractivity contribution in [2.24, 2.45) is 0 Å². The van der Waals surface area contributed by atoms with Crippen LogP contribution < -0.4 is 0 Å². The van der Waals surface area contributed by atoms with Gasteiger partial charge in [-0.1, -0.05) is 42.4 Å². The summed E-state index contributed by atoms with van der Waals surface area (Å²) >= 11 is 0. The van der Waals surface area contributed by atoms with E-state index in [1.807, 2.05) is 24.0 Å². The van der Waals surface area contributed by atoms with Crippen LogP contribution in [0, 0.1) is 0 Å². The molecule has 0 aliphatic carbocycles. The number of carboxylic acids is 1. The van der Waals surface area contributed by atoms with Gasteiger partial charge in [0.25, 0.3) is 5.97 Å². The highest BCUT2D eigenvalue weighted by molar-refractivity contribution is 5.76. The maximum atomic E-state index is 12.3. The predicted octanol–water partition coefficient (Wildman–Crippen LogP) is 3.62. The van der Waals surface area contributed by atoms with Gasteiger partial charge in [-0.05, 0) is 30.7 Å². The fourth-order valence-electron chi connectivity index (χ4n) is 3.05. The highest BCUT2D eigenvalue weighted by atomic mass is 16.5. The number of amides is 1. The van der Waals surface area contributed by atoms with Crippen molar-refractivity contribution in [3.8, 4) is 0 Å². The lowest BCUT2D eigenvalue weighted by Crippen LogP contribution is -2.29. The summed E-state index contributed by atoms with van der Waals surface area (Å²) in [4.78, 5) is 23.2. The third-order valence-corrected chi connectivity index (χ3v) is 4.39. The fourth-order valence-corrected chi connectivity index (χ4v) is 3.05. The van der Waals surface area contributed by atoms with Crippen molar-refractivity contribution < 1.29 is 19.2 Å². The van der Waals surface area contributed by atoms with Gasteiger partial charge >= 0.3 is 0 Å². The number of hydrogen-bond acceptors (Lipinski definition) is 4. The van der Waals surface area contributed by atoms with Gasteiger partial charge in [0.1, 0.15) is 0 Å². The van der Waals surface area contributed by atoms with E-state index in [9.17, 15) is 4.79 Å². The molecule has 1 unspecified atom stereocenters. The summed E-state index contributed by atoms with van der Waals surface area (Å²) in [5, 5.41) is 11.4. The van der Waals surface area contributed by atoms with E-state index in [0.29, 0.717) is 18.9 Å². The minimum absolute atomic E-state index is 0.216. The summed E-state index contributed by atoms with van der Waals surface area (Å²) in [5.74, 6) is 0.632. The molecule has 2 aromatic rings. The average molecular weight is 358 g/mol. The third-order valence-electron chi connectivity index (χ3n) is 4.39. The monoisotopic (exact) mass is 358 g/mol. The van der Waals surface area contributed by atoms with Crippen molar-refractivity contribution in [2.75, 3.05) is 6.54 Å². The second-order valence-electron chi connectivity index (χ2n) is 6.41. The van der Waals surface area contributed by atoms with Crippen LogP contribution in [0.3, 0.4) is 0 Å². The van der Waals surface area contributed by atoms with Gasteiger partial charge in [0.05, 0.1) is 12.2 Å². The number of carboxylic acid groups (broad SMARTS) is 1. The van der Waals surface area contributed by atoms with Crippen LogP contribution in [0.25, 0.3) is 0 Å². The second-order valence-corrected chi connectivity index (χ2v) is 6.41. The quantitative estimate of drug-likeness (QED) is 0.902. The number of aromatic nitrogens is 1. The van der Waals surface area contributed by atoms with Gasteiger partial charge in [-0.15, -0.1) is 0 Å². The first-order chi connectivity index (χ1) is 12.5. The van der Waals surface area contributed by atoms with Crippen molar-refractivity contribution in [1.29, 1.82) is 0 Å². The average Bonchev–Trinajstić information content (AvgIpc) is 3.00. The molecule has 140 valence electrons. The molecule has 1 amide bonds. The molecule has 6 heteroatoms. The van der Waals surface area contributed by atoms with Gasteiger partial charge in [0.15, 0.2) is 5.76 Å². The molecule has 1 aromatic carbocycles. The van der Waals surface area contributed by atoms with E-state index in [4.69, 9.17) is 14.4 Å². The smallest absolute Gasteiger partial charge is 0.300 e. The first-order valence-corrected chi connectivity index (χ1v) is 8.96. The molecule has 0 radical (unpaired) electrons. The van der Waals surface area contributed by atoms with Crippen LogP contribution in [0.15, 0.2) is 40.9 Å². The van der Waals surface area contributed by atoms with Crippen molar-refractivity contribution in [2.45, 2.75) is 52.0 Å². The summed E-state index contributed by atoms with van der Waals surface area (Å²) in [6.07, 6.45) is 3.39. The van der Waals surface area contributed by atoms with Crippen LogP contribution in [-0.2, 0) is 22.6 Å². The number of carbonyl (C=O) groups excluding carboxylic acids is 1. The Morgan fingerprint density at radius 3 is 2.62 bits per heavy atom. The van der Waals surface area contributed by atoms with Crippen molar-refractivity contribution >= 4 is 11.9 Å². The molecule has 6 nitrogen and oxygen atoms in total. The summed E-state index contributed by atoms with van der Waals surface area (Å²) in [5.41, 5.74) is 2.28. The Hall–Kier alpha value is -2.63. The predicted molar refractivity (Wildman–Crippen MR) is 97.6 cm³/mol. The molecule has 3 rings (SSSR count). The second kappa shape index (κ2) is 9.75. The van der Waals surface area contributed by atoms with Gasteiger partial charge in [-0.3, -0.25) is 9.59 Å². The number of aliphatic carboxylic acids is 1. The first-order valence-electron chi connectivity index (χ1n) is 8.96. The molecule has 1 atom stereocenters. The van der Waals surface area contributed by atoms with Crippen LogP contribution in [0.5, 0.6) is 0 Å². The molecule has 1 aromatic heterocycles.